The minimum absolute atomic E-state index is 0.260. The van der Waals surface area contributed by atoms with Crippen molar-refractivity contribution in [3.63, 3.8) is 0 Å². The highest BCUT2D eigenvalue weighted by molar-refractivity contribution is 5.37. The number of benzene rings is 1. The van der Waals surface area contributed by atoms with Gasteiger partial charge in [-0.1, -0.05) is 17.9 Å². The average molecular weight is 177 g/mol. The van der Waals surface area contributed by atoms with Crippen LogP contribution in [-0.2, 0) is 0 Å². The second-order valence-electron chi connectivity index (χ2n) is 2.82. The van der Waals surface area contributed by atoms with Crippen molar-refractivity contribution in [2.75, 3.05) is 6.54 Å². The van der Waals surface area contributed by atoms with Gasteiger partial charge in [0.15, 0.2) is 0 Å². The Morgan fingerprint density at radius 1 is 1.46 bits per heavy atom. The van der Waals surface area contributed by atoms with Crippen LogP contribution >= 0.6 is 0 Å². The number of hydrogen-bond acceptors (Lipinski definition) is 1. The van der Waals surface area contributed by atoms with Crippen LogP contribution in [0, 0.1) is 24.6 Å². The van der Waals surface area contributed by atoms with Crippen molar-refractivity contribution in [2.45, 2.75) is 13.3 Å². The van der Waals surface area contributed by atoms with E-state index >= 15 is 0 Å². The van der Waals surface area contributed by atoms with E-state index in [0.29, 0.717) is 18.5 Å². The summed E-state index contributed by atoms with van der Waals surface area (Å²) in [4.78, 5) is 0. The van der Waals surface area contributed by atoms with Crippen LogP contribution in [0.15, 0.2) is 18.2 Å². The zero-order chi connectivity index (χ0) is 9.68. The maximum absolute atomic E-state index is 13.1. The summed E-state index contributed by atoms with van der Waals surface area (Å²) in [5.41, 5.74) is 6.61. The third-order valence-electron chi connectivity index (χ3n) is 1.62. The standard InChI is InChI=1S/C11H12FN/c1-9-5-6-10(11(12)8-9)4-2-3-7-13/h5-6,8H,3,7,13H2,1H3. The fraction of sp³-hybridized carbons (Fsp3) is 0.273. The molecule has 68 valence electrons. The van der Waals surface area contributed by atoms with Gasteiger partial charge in [-0.15, -0.1) is 0 Å². The Morgan fingerprint density at radius 3 is 2.85 bits per heavy atom. The zero-order valence-corrected chi connectivity index (χ0v) is 7.60. The van der Waals surface area contributed by atoms with Crippen LogP contribution in [0.2, 0.25) is 0 Å². The quantitative estimate of drug-likeness (QED) is 0.651. The second-order valence-corrected chi connectivity index (χ2v) is 2.82. The molecule has 1 nitrogen and oxygen atoms in total. The molecule has 0 bridgehead atoms. The minimum Gasteiger partial charge on any atom is -0.330 e. The molecule has 0 saturated heterocycles. The minimum atomic E-state index is -0.260. The summed E-state index contributed by atoms with van der Waals surface area (Å²) >= 11 is 0. The van der Waals surface area contributed by atoms with Gasteiger partial charge in [0.05, 0.1) is 5.56 Å². The molecule has 0 aromatic heterocycles. The predicted molar refractivity (Wildman–Crippen MR) is 51.7 cm³/mol. The summed E-state index contributed by atoms with van der Waals surface area (Å²) in [7, 11) is 0. The molecule has 0 unspecified atom stereocenters. The molecule has 0 fully saturated rings. The lowest BCUT2D eigenvalue weighted by molar-refractivity contribution is 0.623. The van der Waals surface area contributed by atoms with E-state index in [0.717, 1.165) is 5.56 Å². The van der Waals surface area contributed by atoms with Gasteiger partial charge in [-0.3, -0.25) is 0 Å². The van der Waals surface area contributed by atoms with Gasteiger partial charge in [-0.2, -0.15) is 0 Å². The fourth-order valence-electron chi connectivity index (χ4n) is 0.951. The Kier molecular flexibility index (Phi) is 3.48. The monoisotopic (exact) mass is 177 g/mol. The molecule has 0 spiro atoms. The molecular weight excluding hydrogens is 165 g/mol. The van der Waals surface area contributed by atoms with Gasteiger partial charge < -0.3 is 5.73 Å². The molecule has 0 aliphatic heterocycles. The third-order valence-corrected chi connectivity index (χ3v) is 1.62. The Labute approximate surface area is 77.8 Å². The van der Waals surface area contributed by atoms with Gasteiger partial charge in [0.1, 0.15) is 5.82 Å². The van der Waals surface area contributed by atoms with Crippen molar-refractivity contribution in [3.05, 3.63) is 35.1 Å². The first-order valence-corrected chi connectivity index (χ1v) is 4.19. The van der Waals surface area contributed by atoms with E-state index in [1.54, 1.807) is 6.07 Å². The van der Waals surface area contributed by atoms with Gasteiger partial charge in [0.2, 0.25) is 0 Å². The summed E-state index contributed by atoms with van der Waals surface area (Å²) in [6, 6.07) is 5.01. The largest absolute Gasteiger partial charge is 0.330 e. The van der Waals surface area contributed by atoms with Gasteiger partial charge in [0.25, 0.3) is 0 Å². The number of hydrogen-bond donors (Lipinski definition) is 1. The Hall–Kier alpha value is -1.33. The molecular formula is C11H12FN. The van der Waals surface area contributed by atoms with E-state index in [1.807, 2.05) is 13.0 Å². The van der Waals surface area contributed by atoms with E-state index in [1.165, 1.54) is 6.07 Å². The molecule has 0 atom stereocenters. The van der Waals surface area contributed by atoms with Crippen molar-refractivity contribution >= 4 is 0 Å². The normalized spacial score (nSPS) is 9.15. The molecule has 1 aromatic rings. The summed E-state index contributed by atoms with van der Waals surface area (Å²) < 4.78 is 13.1. The highest BCUT2D eigenvalue weighted by Crippen LogP contribution is 2.07. The van der Waals surface area contributed by atoms with Crippen molar-refractivity contribution in [1.29, 1.82) is 0 Å². The van der Waals surface area contributed by atoms with E-state index in [9.17, 15) is 4.39 Å². The molecule has 0 aliphatic rings. The molecule has 2 heteroatoms. The van der Waals surface area contributed by atoms with E-state index < -0.39 is 0 Å². The van der Waals surface area contributed by atoms with Crippen LogP contribution in [0.1, 0.15) is 17.5 Å². The van der Waals surface area contributed by atoms with Gasteiger partial charge in [-0.05, 0) is 24.6 Å². The SMILES string of the molecule is Cc1ccc(C#CCCN)c(F)c1. The molecule has 0 radical (unpaired) electrons. The maximum atomic E-state index is 13.1. The Balaban J connectivity index is 2.85. The summed E-state index contributed by atoms with van der Waals surface area (Å²) in [5, 5.41) is 0. The third kappa shape index (κ3) is 2.89. The maximum Gasteiger partial charge on any atom is 0.139 e. The van der Waals surface area contributed by atoms with Crippen LogP contribution in [-0.4, -0.2) is 6.54 Å². The van der Waals surface area contributed by atoms with Crippen LogP contribution in [0.3, 0.4) is 0 Å². The second kappa shape index (κ2) is 4.64. The predicted octanol–water partition coefficient (Wildman–Crippen LogP) is 1.83. The van der Waals surface area contributed by atoms with Gasteiger partial charge in [0, 0.05) is 13.0 Å². The van der Waals surface area contributed by atoms with Crippen LogP contribution in [0.25, 0.3) is 0 Å². The summed E-state index contributed by atoms with van der Waals surface area (Å²) in [5.74, 6) is 5.27. The Bertz CT molecular complexity index is 347. The van der Waals surface area contributed by atoms with Gasteiger partial charge in [-0.25, -0.2) is 4.39 Å². The lowest BCUT2D eigenvalue weighted by atomic mass is 10.1. The van der Waals surface area contributed by atoms with E-state index in [2.05, 4.69) is 11.8 Å². The molecule has 0 heterocycles. The highest BCUT2D eigenvalue weighted by atomic mass is 19.1. The van der Waals surface area contributed by atoms with Crippen LogP contribution in [0.5, 0.6) is 0 Å². The smallest absolute Gasteiger partial charge is 0.139 e. The van der Waals surface area contributed by atoms with E-state index in [4.69, 9.17) is 5.73 Å². The molecule has 0 aliphatic carbocycles. The van der Waals surface area contributed by atoms with Crippen molar-refractivity contribution in [2.24, 2.45) is 5.73 Å². The molecule has 1 aromatic carbocycles. The number of nitrogens with two attached hydrogens (primary N) is 1. The van der Waals surface area contributed by atoms with Crippen LogP contribution in [0.4, 0.5) is 4.39 Å². The summed E-state index contributed by atoms with van der Waals surface area (Å²) in [6.45, 7) is 2.36. The lowest BCUT2D eigenvalue weighted by Gasteiger charge is -1.95. The molecule has 0 saturated carbocycles. The first-order valence-electron chi connectivity index (χ1n) is 4.19. The molecule has 0 amide bonds. The van der Waals surface area contributed by atoms with Crippen molar-refractivity contribution < 1.29 is 4.39 Å². The number of aryl methyl sites for hydroxylation is 1. The molecule has 1 rings (SSSR count). The Morgan fingerprint density at radius 2 is 2.23 bits per heavy atom. The fourth-order valence-corrected chi connectivity index (χ4v) is 0.951. The molecule has 2 N–H and O–H groups in total. The van der Waals surface area contributed by atoms with Crippen molar-refractivity contribution in [1.82, 2.24) is 0 Å². The highest BCUT2D eigenvalue weighted by Gasteiger charge is 1.97. The van der Waals surface area contributed by atoms with E-state index in [-0.39, 0.29) is 5.82 Å². The average Bonchev–Trinajstić information content (AvgIpc) is 2.09. The zero-order valence-electron chi connectivity index (χ0n) is 7.60. The number of halogens is 1. The van der Waals surface area contributed by atoms with Crippen LogP contribution < -0.4 is 5.73 Å². The lowest BCUT2D eigenvalue weighted by Crippen LogP contribution is -1.95. The first kappa shape index (κ1) is 9.76. The summed E-state index contributed by atoms with van der Waals surface area (Å²) in [6.07, 6.45) is 0.604. The topological polar surface area (TPSA) is 26.0 Å². The molecule has 13 heavy (non-hydrogen) atoms. The first-order chi connectivity index (χ1) is 6.24. The van der Waals surface area contributed by atoms with Gasteiger partial charge >= 0.3 is 0 Å². The van der Waals surface area contributed by atoms with Crippen molar-refractivity contribution in [3.8, 4) is 11.8 Å². The number of rotatable bonds is 1.